The van der Waals surface area contributed by atoms with Crippen LogP contribution in [0.15, 0.2) is 18.6 Å². The third-order valence-electron chi connectivity index (χ3n) is 3.20. The molecule has 0 saturated carbocycles. The largest absolute Gasteiger partial charge is 0.370 e. The Morgan fingerprint density at radius 3 is 2.45 bits per heavy atom. The lowest BCUT2D eigenvalue weighted by molar-refractivity contribution is 0.734. The molecular formula is C15H23N5. The number of hydrogen-bond acceptors (Lipinski definition) is 4. The lowest BCUT2D eigenvalue weighted by Crippen LogP contribution is -2.11. The summed E-state index contributed by atoms with van der Waals surface area (Å²) in [7, 11) is 0. The summed E-state index contributed by atoms with van der Waals surface area (Å²) in [5.41, 5.74) is 2.18. The number of hydrogen-bond donors (Lipinski definition) is 1. The van der Waals surface area contributed by atoms with Gasteiger partial charge in [0.15, 0.2) is 5.82 Å². The summed E-state index contributed by atoms with van der Waals surface area (Å²) in [6, 6.07) is 2.05. The molecule has 0 aliphatic rings. The number of anilines is 1. The Bertz CT molecular complexity index is 571. The summed E-state index contributed by atoms with van der Waals surface area (Å²) >= 11 is 0. The Balaban J connectivity index is 2.51. The van der Waals surface area contributed by atoms with Crippen LogP contribution in [0.3, 0.4) is 0 Å². The topological polar surface area (TPSA) is 55.6 Å². The molecule has 0 unspecified atom stereocenters. The quantitative estimate of drug-likeness (QED) is 0.907. The van der Waals surface area contributed by atoms with E-state index < -0.39 is 0 Å². The van der Waals surface area contributed by atoms with Crippen molar-refractivity contribution in [3.05, 3.63) is 29.8 Å². The summed E-state index contributed by atoms with van der Waals surface area (Å²) in [4.78, 5) is 8.79. The molecule has 108 valence electrons. The van der Waals surface area contributed by atoms with Gasteiger partial charge in [-0.3, -0.25) is 0 Å². The van der Waals surface area contributed by atoms with Crippen LogP contribution >= 0.6 is 0 Å². The van der Waals surface area contributed by atoms with Crippen molar-refractivity contribution >= 4 is 5.82 Å². The van der Waals surface area contributed by atoms with Gasteiger partial charge in [-0.2, -0.15) is 5.10 Å². The van der Waals surface area contributed by atoms with Crippen molar-refractivity contribution in [2.24, 2.45) is 0 Å². The minimum atomic E-state index is 0.326. The molecule has 2 rings (SSSR count). The van der Waals surface area contributed by atoms with E-state index in [0.29, 0.717) is 11.8 Å². The third kappa shape index (κ3) is 2.81. The maximum atomic E-state index is 4.62. The molecule has 1 N–H and O–H groups in total. The van der Waals surface area contributed by atoms with E-state index in [2.05, 4.69) is 55.0 Å². The molecule has 0 fully saturated rings. The second-order valence-corrected chi connectivity index (χ2v) is 5.48. The molecule has 0 spiro atoms. The average Bonchev–Trinajstić information content (AvgIpc) is 2.88. The van der Waals surface area contributed by atoms with Crippen molar-refractivity contribution in [3.8, 4) is 5.82 Å². The molecule has 0 aromatic carbocycles. The standard InChI is InChI=1S/C15H23N5/c1-6-16-14-13(11(4)5)15(18-9-17-14)20-8-7-12(19-20)10(2)3/h7-11H,6H2,1-5H3,(H,16,17,18). The van der Waals surface area contributed by atoms with Crippen molar-refractivity contribution in [3.63, 3.8) is 0 Å². The minimum absolute atomic E-state index is 0.326. The van der Waals surface area contributed by atoms with Gasteiger partial charge in [-0.25, -0.2) is 14.6 Å². The second kappa shape index (κ2) is 6.03. The predicted octanol–water partition coefficient (Wildman–Crippen LogP) is 3.34. The summed E-state index contributed by atoms with van der Waals surface area (Å²) in [5, 5.41) is 7.93. The molecule has 2 aromatic rings. The van der Waals surface area contributed by atoms with Crippen LogP contribution in [-0.4, -0.2) is 26.3 Å². The van der Waals surface area contributed by atoms with Crippen LogP contribution in [0.5, 0.6) is 0 Å². The zero-order valence-electron chi connectivity index (χ0n) is 12.9. The molecule has 0 amide bonds. The Morgan fingerprint density at radius 1 is 1.15 bits per heavy atom. The Labute approximate surface area is 120 Å². The second-order valence-electron chi connectivity index (χ2n) is 5.48. The molecule has 0 atom stereocenters. The highest BCUT2D eigenvalue weighted by Crippen LogP contribution is 2.27. The van der Waals surface area contributed by atoms with E-state index in [1.54, 1.807) is 6.33 Å². The van der Waals surface area contributed by atoms with Gasteiger partial charge < -0.3 is 5.32 Å². The average molecular weight is 273 g/mol. The molecule has 0 saturated heterocycles. The summed E-state index contributed by atoms with van der Waals surface area (Å²) in [6.07, 6.45) is 3.56. The van der Waals surface area contributed by atoms with Gasteiger partial charge in [-0.1, -0.05) is 27.7 Å². The van der Waals surface area contributed by atoms with Crippen molar-refractivity contribution in [1.82, 2.24) is 19.7 Å². The van der Waals surface area contributed by atoms with Gasteiger partial charge in [0.2, 0.25) is 0 Å². The van der Waals surface area contributed by atoms with Crippen LogP contribution in [0.2, 0.25) is 0 Å². The molecule has 0 bridgehead atoms. The Kier molecular flexibility index (Phi) is 4.37. The van der Waals surface area contributed by atoms with Crippen molar-refractivity contribution in [2.75, 3.05) is 11.9 Å². The summed E-state index contributed by atoms with van der Waals surface area (Å²) in [6.45, 7) is 11.5. The molecule has 5 nitrogen and oxygen atoms in total. The fourth-order valence-electron chi connectivity index (χ4n) is 2.17. The van der Waals surface area contributed by atoms with E-state index in [9.17, 15) is 0 Å². The molecule has 0 aliphatic carbocycles. The first-order chi connectivity index (χ1) is 9.54. The van der Waals surface area contributed by atoms with Crippen molar-refractivity contribution in [2.45, 2.75) is 46.5 Å². The highest BCUT2D eigenvalue weighted by atomic mass is 15.3. The lowest BCUT2D eigenvalue weighted by atomic mass is 10.0. The highest BCUT2D eigenvalue weighted by molar-refractivity contribution is 5.53. The van der Waals surface area contributed by atoms with Crippen LogP contribution in [0.25, 0.3) is 5.82 Å². The highest BCUT2D eigenvalue weighted by Gasteiger charge is 2.17. The lowest BCUT2D eigenvalue weighted by Gasteiger charge is -2.16. The zero-order valence-corrected chi connectivity index (χ0v) is 12.9. The summed E-state index contributed by atoms with van der Waals surface area (Å²) < 4.78 is 1.85. The van der Waals surface area contributed by atoms with Crippen LogP contribution in [-0.2, 0) is 0 Å². The fraction of sp³-hybridized carbons (Fsp3) is 0.533. The van der Waals surface area contributed by atoms with Gasteiger partial charge in [0.25, 0.3) is 0 Å². The number of nitrogens with zero attached hydrogens (tertiary/aromatic N) is 4. The first-order valence-corrected chi connectivity index (χ1v) is 7.19. The molecule has 0 radical (unpaired) electrons. The number of aromatic nitrogens is 4. The van der Waals surface area contributed by atoms with Crippen molar-refractivity contribution < 1.29 is 0 Å². The molecule has 0 aliphatic heterocycles. The molecule has 2 aromatic heterocycles. The Morgan fingerprint density at radius 2 is 1.90 bits per heavy atom. The van der Waals surface area contributed by atoms with Crippen molar-refractivity contribution in [1.29, 1.82) is 0 Å². The monoisotopic (exact) mass is 273 g/mol. The van der Waals surface area contributed by atoms with Gasteiger partial charge in [0, 0.05) is 18.3 Å². The van der Waals surface area contributed by atoms with E-state index >= 15 is 0 Å². The van der Waals surface area contributed by atoms with Gasteiger partial charge in [-0.15, -0.1) is 0 Å². The third-order valence-corrected chi connectivity index (χ3v) is 3.20. The van der Waals surface area contributed by atoms with Crippen LogP contribution in [0.1, 0.15) is 57.7 Å². The molecule has 2 heterocycles. The molecular weight excluding hydrogens is 250 g/mol. The summed E-state index contributed by atoms with van der Waals surface area (Å²) in [5.74, 6) is 2.49. The van der Waals surface area contributed by atoms with E-state index in [0.717, 1.165) is 29.4 Å². The first-order valence-electron chi connectivity index (χ1n) is 7.19. The van der Waals surface area contributed by atoms with Crippen LogP contribution in [0.4, 0.5) is 5.82 Å². The van der Waals surface area contributed by atoms with E-state index in [-0.39, 0.29) is 0 Å². The first kappa shape index (κ1) is 14.5. The Hall–Kier alpha value is -1.91. The van der Waals surface area contributed by atoms with Gasteiger partial charge in [-0.05, 0) is 24.8 Å². The van der Waals surface area contributed by atoms with Gasteiger partial charge in [0.1, 0.15) is 12.1 Å². The predicted molar refractivity (Wildman–Crippen MR) is 81.5 cm³/mol. The number of nitrogens with one attached hydrogen (secondary N) is 1. The maximum absolute atomic E-state index is 4.62. The molecule has 5 heteroatoms. The van der Waals surface area contributed by atoms with E-state index in [1.807, 2.05) is 16.9 Å². The van der Waals surface area contributed by atoms with E-state index in [4.69, 9.17) is 0 Å². The van der Waals surface area contributed by atoms with Gasteiger partial charge >= 0.3 is 0 Å². The van der Waals surface area contributed by atoms with Crippen LogP contribution < -0.4 is 5.32 Å². The fourth-order valence-corrected chi connectivity index (χ4v) is 2.17. The maximum Gasteiger partial charge on any atom is 0.162 e. The van der Waals surface area contributed by atoms with E-state index in [1.165, 1.54) is 0 Å². The normalized spacial score (nSPS) is 11.3. The smallest absolute Gasteiger partial charge is 0.162 e. The van der Waals surface area contributed by atoms with Gasteiger partial charge in [0.05, 0.1) is 5.69 Å². The number of rotatable bonds is 5. The SMILES string of the molecule is CCNc1ncnc(-n2ccc(C(C)C)n2)c1C(C)C. The minimum Gasteiger partial charge on any atom is -0.370 e. The molecule has 20 heavy (non-hydrogen) atoms. The zero-order chi connectivity index (χ0) is 14.7. The van der Waals surface area contributed by atoms with Crippen LogP contribution in [0, 0.1) is 0 Å².